The van der Waals surface area contributed by atoms with E-state index in [9.17, 15) is 4.21 Å². The standard InChI is InChI=1S/C21H18N4O2S/c1-27-16-5-3-14(4-6-16)17-11-15(12-18-21(17)24-10-9-23-18)25-19-13-22-8-7-20(19)28(2)26/h3-13,25H,1-2H3. The SMILES string of the molecule is COc1ccc(-c2cc(Nc3cnccc3S(C)=O)cc3nccnc23)cc1. The highest BCUT2D eigenvalue weighted by molar-refractivity contribution is 7.84. The number of hydrogen-bond acceptors (Lipinski definition) is 6. The molecule has 4 rings (SSSR count). The summed E-state index contributed by atoms with van der Waals surface area (Å²) in [6, 6.07) is 13.5. The van der Waals surface area contributed by atoms with Crippen molar-refractivity contribution in [3.8, 4) is 16.9 Å². The summed E-state index contributed by atoms with van der Waals surface area (Å²) in [6.45, 7) is 0. The number of anilines is 2. The van der Waals surface area contributed by atoms with E-state index < -0.39 is 10.8 Å². The number of hydrogen-bond donors (Lipinski definition) is 1. The Kier molecular flexibility index (Phi) is 4.99. The van der Waals surface area contributed by atoms with Crippen molar-refractivity contribution in [3.63, 3.8) is 0 Å². The zero-order valence-corrected chi connectivity index (χ0v) is 16.2. The molecule has 0 radical (unpaired) electrons. The smallest absolute Gasteiger partial charge is 0.118 e. The molecule has 0 fully saturated rings. The van der Waals surface area contributed by atoms with Gasteiger partial charge in [-0.05, 0) is 35.9 Å². The Labute approximate surface area is 165 Å². The normalized spacial score (nSPS) is 11.9. The molecule has 1 unspecified atom stereocenters. The van der Waals surface area contributed by atoms with Gasteiger partial charge in [0.2, 0.25) is 0 Å². The highest BCUT2D eigenvalue weighted by atomic mass is 32.2. The molecule has 0 saturated heterocycles. The fraction of sp³-hybridized carbons (Fsp3) is 0.0952. The Morgan fingerprint density at radius 3 is 2.54 bits per heavy atom. The van der Waals surface area contributed by atoms with E-state index in [-0.39, 0.29) is 0 Å². The number of nitrogens with one attached hydrogen (secondary N) is 1. The number of pyridine rings is 1. The molecule has 2 aromatic carbocycles. The van der Waals surface area contributed by atoms with E-state index in [1.165, 1.54) is 0 Å². The van der Waals surface area contributed by atoms with E-state index >= 15 is 0 Å². The van der Waals surface area contributed by atoms with Crippen LogP contribution in [0.25, 0.3) is 22.2 Å². The van der Waals surface area contributed by atoms with Gasteiger partial charge in [0, 0.05) is 36.1 Å². The van der Waals surface area contributed by atoms with Crippen molar-refractivity contribution >= 4 is 33.2 Å². The van der Waals surface area contributed by atoms with Gasteiger partial charge in [-0.2, -0.15) is 0 Å². The second-order valence-corrected chi connectivity index (χ2v) is 7.48. The van der Waals surface area contributed by atoms with Gasteiger partial charge in [-0.1, -0.05) is 12.1 Å². The van der Waals surface area contributed by atoms with Gasteiger partial charge in [-0.25, -0.2) is 0 Å². The summed E-state index contributed by atoms with van der Waals surface area (Å²) in [7, 11) is 0.512. The van der Waals surface area contributed by atoms with Crippen LogP contribution in [0.4, 0.5) is 11.4 Å². The molecule has 1 atom stereocenters. The Morgan fingerprint density at radius 2 is 1.79 bits per heavy atom. The lowest BCUT2D eigenvalue weighted by Gasteiger charge is -2.13. The summed E-state index contributed by atoms with van der Waals surface area (Å²) in [4.78, 5) is 13.8. The quantitative estimate of drug-likeness (QED) is 0.551. The van der Waals surface area contributed by atoms with Crippen LogP contribution in [0.2, 0.25) is 0 Å². The van der Waals surface area contributed by atoms with E-state index in [2.05, 4.69) is 20.3 Å². The summed E-state index contributed by atoms with van der Waals surface area (Å²) < 4.78 is 17.3. The van der Waals surface area contributed by atoms with E-state index in [0.717, 1.165) is 33.6 Å². The molecule has 2 aromatic heterocycles. The first-order valence-corrected chi connectivity index (χ1v) is 10.1. The third-order valence-corrected chi connectivity index (χ3v) is 5.32. The second-order valence-electron chi connectivity index (χ2n) is 6.13. The molecule has 0 aliphatic heterocycles. The lowest BCUT2D eigenvalue weighted by Crippen LogP contribution is -1.99. The largest absolute Gasteiger partial charge is 0.497 e. The molecule has 0 aliphatic rings. The van der Waals surface area contributed by atoms with Crippen LogP contribution < -0.4 is 10.1 Å². The molecule has 28 heavy (non-hydrogen) atoms. The minimum absolute atomic E-state index is 0.695. The first-order valence-electron chi connectivity index (χ1n) is 8.59. The van der Waals surface area contributed by atoms with Crippen molar-refractivity contribution in [1.82, 2.24) is 15.0 Å². The van der Waals surface area contributed by atoms with Gasteiger partial charge >= 0.3 is 0 Å². The summed E-state index contributed by atoms with van der Waals surface area (Å²) in [5.74, 6) is 0.791. The van der Waals surface area contributed by atoms with Crippen molar-refractivity contribution in [2.75, 3.05) is 18.7 Å². The molecular weight excluding hydrogens is 372 g/mol. The molecule has 4 aromatic rings. The minimum Gasteiger partial charge on any atom is -0.497 e. The Bertz CT molecular complexity index is 1160. The monoisotopic (exact) mass is 390 g/mol. The Hall–Kier alpha value is -3.32. The van der Waals surface area contributed by atoms with E-state index in [0.29, 0.717) is 10.6 Å². The molecule has 1 N–H and O–H groups in total. The summed E-state index contributed by atoms with van der Waals surface area (Å²) in [5, 5.41) is 3.33. The molecule has 0 aliphatic carbocycles. The highest BCUT2D eigenvalue weighted by Crippen LogP contribution is 2.33. The molecule has 7 heteroatoms. The van der Waals surface area contributed by atoms with E-state index in [4.69, 9.17) is 4.74 Å². The third-order valence-electron chi connectivity index (χ3n) is 4.34. The number of fused-ring (bicyclic) bond motifs is 1. The second kappa shape index (κ2) is 7.74. The lowest BCUT2D eigenvalue weighted by molar-refractivity contribution is 0.415. The van der Waals surface area contributed by atoms with Crippen molar-refractivity contribution < 1.29 is 8.95 Å². The predicted octanol–water partition coefficient (Wildman–Crippen LogP) is 4.18. The number of aromatic nitrogens is 3. The van der Waals surface area contributed by atoms with Crippen LogP contribution in [-0.2, 0) is 10.8 Å². The lowest BCUT2D eigenvalue weighted by atomic mass is 10.0. The number of rotatable bonds is 5. The first kappa shape index (κ1) is 18.1. The average molecular weight is 390 g/mol. The molecule has 6 nitrogen and oxygen atoms in total. The van der Waals surface area contributed by atoms with Crippen molar-refractivity contribution in [1.29, 1.82) is 0 Å². The zero-order valence-electron chi connectivity index (χ0n) is 15.4. The third kappa shape index (κ3) is 3.57. The summed E-state index contributed by atoms with van der Waals surface area (Å²) >= 11 is 0. The van der Waals surface area contributed by atoms with E-state index in [1.807, 2.05) is 36.4 Å². The van der Waals surface area contributed by atoms with Gasteiger partial charge in [0.05, 0.1) is 45.7 Å². The average Bonchev–Trinajstić information content (AvgIpc) is 2.73. The Morgan fingerprint density at radius 1 is 1.00 bits per heavy atom. The van der Waals surface area contributed by atoms with Gasteiger partial charge in [0.25, 0.3) is 0 Å². The molecule has 0 saturated carbocycles. The van der Waals surface area contributed by atoms with Crippen molar-refractivity contribution in [2.24, 2.45) is 0 Å². The van der Waals surface area contributed by atoms with Gasteiger partial charge < -0.3 is 10.1 Å². The van der Waals surface area contributed by atoms with E-state index in [1.54, 1.807) is 44.2 Å². The number of nitrogens with zero attached hydrogens (tertiary/aromatic N) is 3. The molecule has 0 bridgehead atoms. The van der Waals surface area contributed by atoms with Crippen LogP contribution >= 0.6 is 0 Å². The van der Waals surface area contributed by atoms with Gasteiger partial charge in [0.15, 0.2) is 0 Å². The number of benzene rings is 2. The fourth-order valence-corrected chi connectivity index (χ4v) is 3.69. The van der Waals surface area contributed by atoms with Crippen LogP contribution in [-0.4, -0.2) is 32.5 Å². The van der Waals surface area contributed by atoms with Crippen LogP contribution in [0.5, 0.6) is 5.75 Å². The first-order chi connectivity index (χ1) is 13.7. The van der Waals surface area contributed by atoms with Crippen LogP contribution in [0, 0.1) is 0 Å². The summed E-state index contributed by atoms with van der Waals surface area (Å²) in [5.41, 5.74) is 5.04. The van der Waals surface area contributed by atoms with Gasteiger partial charge in [-0.15, -0.1) is 0 Å². The molecule has 0 spiro atoms. The molecular formula is C21H18N4O2S. The van der Waals surface area contributed by atoms with Gasteiger partial charge in [0.1, 0.15) is 5.75 Å². The zero-order chi connectivity index (χ0) is 19.5. The molecule has 2 heterocycles. The van der Waals surface area contributed by atoms with Crippen LogP contribution in [0.1, 0.15) is 0 Å². The van der Waals surface area contributed by atoms with Crippen LogP contribution in [0.3, 0.4) is 0 Å². The maximum atomic E-state index is 12.0. The van der Waals surface area contributed by atoms with Gasteiger partial charge in [-0.3, -0.25) is 19.2 Å². The highest BCUT2D eigenvalue weighted by Gasteiger charge is 2.11. The Balaban J connectivity index is 1.83. The minimum atomic E-state index is -1.13. The summed E-state index contributed by atoms with van der Waals surface area (Å²) in [6.07, 6.45) is 8.30. The molecule has 0 amide bonds. The van der Waals surface area contributed by atoms with Crippen molar-refractivity contribution in [3.05, 3.63) is 67.3 Å². The number of methoxy groups -OCH3 is 1. The maximum Gasteiger partial charge on any atom is 0.118 e. The van der Waals surface area contributed by atoms with Crippen molar-refractivity contribution in [2.45, 2.75) is 4.90 Å². The number of ether oxygens (including phenoxy) is 1. The predicted molar refractivity (Wildman–Crippen MR) is 111 cm³/mol. The molecule has 140 valence electrons. The fourth-order valence-electron chi connectivity index (χ4n) is 3.02. The maximum absolute atomic E-state index is 12.0. The topological polar surface area (TPSA) is 77.0 Å². The van der Waals surface area contributed by atoms with Crippen LogP contribution in [0.15, 0.2) is 72.1 Å².